The summed E-state index contributed by atoms with van der Waals surface area (Å²) in [6.45, 7) is 2.16. The van der Waals surface area contributed by atoms with Gasteiger partial charge in [0.05, 0.1) is 18.7 Å². The zero-order chi connectivity index (χ0) is 15.9. The molecule has 1 heterocycles. The number of thiazole rings is 1. The predicted molar refractivity (Wildman–Crippen MR) is 83.1 cm³/mol. The lowest BCUT2D eigenvalue weighted by molar-refractivity contribution is -0.137. The maximum atomic E-state index is 11.6. The average Bonchev–Trinajstić information content (AvgIpc) is 2.95. The number of hydrogen-bond donors (Lipinski definition) is 2. The molecule has 1 aromatic carbocycles. The molecule has 2 rings (SSSR count). The molecule has 1 amide bonds. The van der Waals surface area contributed by atoms with Gasteiger partial charge in [-0.15, -0.1) is 11.3 Å². The van der Waals surface area contributed by atoms with Crippen molar-refractivity contribution in [1.82, 2.24) is 10.3 Å². The minimum atomic E-state index is -1.07. The number of benzene rings is 1. The summed E-state index contributed by atoms with van der Waals surface area (Å²) in [5, 5.41) is 13.4. The highest BCUT2D eigenvalue weighted by Crippen LogP contribution is 2.25. The van der Waals surface area contributed by atoms with E-state index in [1.807, 2.05) is 31.2 Å². The molecule has 0 bridgehead atoms. The number of amides is 1. The van der Waals surface area contributed by atoms with Crippen LogP contribution in [0.3, 0.4) is 0 Å². The molecule has 0 unspecified atom stereocenters. The molecular weight excluding hydrogens is 304 g/mol. The fraction of sp³-hybridized carbons (Fsp3) is 0.267. The molecule has 7 heteroatoms. The Morgan fingerprint density at radius 3 is 2.68 bits per heavy atom. The zero-order valence-corrected chi connectivity index (χ0v) is 12.9. The molecule has 0 aliphatic carbocycles. The summed E-state index contributed by atoms with van der Waals surface area (Å²) in [4.78, 5) is 26.3. The summed E-state index contributed by atoms with van der Waals surface area (Å²) in [6.07, 6.45) is 0.0702. The molecular formula is C15H16N2O4S. The number of carboxylic acids is 1. The molecule has 0 aliphatic rings. The van der Waals surface area contributed by atoms with E-state index in [1.165, 1.54) is 11.3 Å². The van der Waals surface area contributed by atoms with Crippen molar-refractivity contribution in [3.8, 4) is 16.3 Å². The number of rotatable bonds is 7. The first-order chi connectivity index (χ1) is 10.6. The van der Waals surface area contributed by atoms with E-state index in [4.69, 9.17) is 9.84 Å². The van der Waals surface area contributed by atoms with Gasteiger partial charge in [0.1, 0.15) is 17.3 Å². The molecule has 116 valence electrons. The van der Waals surface area contributed by atoms with Crippen LogP contribution in [0.25, 0.3) is 10.6 Å². The summed E-state index contributed by atoms with van der Waals surface area (Å²) < 4.78 is 5.38. The third-order valence-electron chi connectivity index (χ3n) is 2.74. The van der Waals surface area contributed by atoms with Gasteiger partial charge >= 0.3 is 5.97 Å². The number of aliphatic carboxylic acids is 1. The molecule has 0 atom stereocenters. The Morgan fingerprint density at radius 2 is 2.05 bits per heavy atom. The van der Waals surface area contributed by atoms with Gasteiger partial charge < -0.3 is 15.2 Å². The first kappa shape index (κ1) is 16.0. The van der Waals surface area contributed by atoms with E-state index in [9.17, 15) is 9.59 Å². The number of nitrogens with zero attached hydrogens (tertiary/aromatic N) is 1. The van der Waals surface area contributed by atoms with Crippen molar-refractivity contribution in [1.29, 1.82) is 0 Å². The van der Waals surface area contributed by atoms with Crippen LogP contribution in [-0.2, 0) is 16.0 Å². The van der Waals surface area contributed by atoms with Gasteiger partial charge in [0, 0.05) is 10.9 Å². The Labute approximate surface area is 131 Å². The monoisotopic (exact) mass is 320 g/mol. The van der Waals surface area contributed by atoms with Crippen molar-refractivity contribution < 1.29 is 19.4 Å². The van der Waals surface area contributed by atoms with Crippen LogP contribution in [-0.4, -0.2) is 35.1 Å². The highest BCUT2D eigenvalue weighted by Gasteiger charge is 2.10. The average molecular weight is 320 g/mol. The van der Waals surface area contributed by atoms with E-state index < -0.39 is 5.97 Å². The molecule has 2 N–H and O–H groups in total. The van der Waals surface area contributed by atoms with Gasteiger partial charge in [-0.1, -0.05) is 0 Å². The molecule has 0 fully saturated rings. The first-order valence-electron chi connectivity index (χ1n) is 6.74. The maximum absolute atomic E-state index is 11.6. The maximum Gasteiger partial charge on any atom is 0.322 e. The molecule has 0 saturated carbocycles. The smallest absolute Gasteiger partial charge is 0.322 e. The zero-order valence-electron chi connectivity index (χ0n) is 12.0. The Bertz CT molecular complexity index is 652. The van der Waals surface area contributed by atoms with Crippen LogP contribution >= 0.6 is 11.3 Å². The third-order valence-corrected chi connectivity index (χ3v) is 3.68. The standard InChI is InChI=1S/C15H16N2O4S/c1-2-21-12-5-3-10(4-6-12)15-17-11(9-22-15)7-13(18)16-8-14(19)20/h3-6,9H,2,7-8H2,1H3,(H,16,18)(H,19,20). The molecule has 0 spiro atoms. The van der Waals surface area contributed by atoms with Gasteiger partial charge in [-0.3, -0.25) is 9.59 Å². The van der Waals surface area contributed by atoms with Gasteiger partial charge in [-0.25, -0.2) is 4.98 Å². The second kappa shape index (κ2) is 7.56. The summed E-state index contributed by atoms with van der Waals surface area (Å²) in [7, 11) is 0. The fourth-order valence-electron chi connectivity index (χ4n) is 1.78. The predicted octanol–water partition coefficient (Wildman–Crippen LogP) is 1.95. The number of carbonyl (C=O) groups excluding carboxylic acids is 1. The lowest BCUT2D eigenvalue weighted by Gasteiger charge is -2.03. The van der Waals surface area contributed by atoms with Crippen LogP contribution in [0.5, 0.6) is 5.75 Å². The van der Waals surface area contributed by atoms with E-state index in [0.717, 1.165) is 16.3 Å². The molecule has 0 saturated heterocycles. The second-order valence-electron chi connectivity index (χ2n) is 4.45. The summed E-state index contributed by atoms with van der Waals surface area (Å²) >= 11 is 1.44. The van der Waals surface area contributed by atoms with E-state index in [2.05, 4.69) is 10.3 Å². The summed E-state index contributed by atoms with van der Waals surface area (Å²) in [5.41, 5.74) is 1.57. The highest BCUT2D eigenvalue weighted by molar-refractivity contribution is 7.13. The van der Waals surface area contributed by atoms with Gasteiger partial charge in [0.2, 0.25) is 5.91 Å². The largest absolute Gasteiger partial charge is 0.494 e. The van der Waals surface area contributed by atoms with Crippen LogP contribution in [0.4, 0.5) is 0 Å². The quantitative estimate of drug-likeness (QED) is 0.814. The Hall–Kier alpha value is -2.41. The van der Waals surface area contributed by atoms with E-state index >= 15 is 0 Å². The van der Waals surface area contributed by atoms with Crippen LogP contribution < -0.4 is 10.1 Å². The van der Waals surface area contributed by atoms with Crippen LogP contribution in [0, 0.1) is 0 Å². The number of carboxylic acid groups (broad SMARTS) is 1. The van der Waals surface area contributed by atoms with Crippen molar-refractivity contribution in [2.45, 2.75) is 13.3 Å². The number of ether oxygens (including phenoxy) is 1. The Morgan fingerprint density at radius 1 is 1.32 bits per heavy atom. The van der Waals surface area contributed by atoms with E-state index in [0.29, 0.717) is 12.3 Å². The Kier molecular flexibility index (Phi) is 5.48. The first-order valence-corrected chi connectivity index (χ1v) is 7.62. The van der Waals surface area contributed by atoms with Gasteiger partial charge in [0.25, 0.3) is 0 Å². The summed E-state index contributed by atoms with van der Waals surface area (Å²) in [6, 6.07) is 7.58. The highest BCUT2D eigenvalue weighted by atomic mass is 32.1. The topological polar surface area (TPSA) is 88.5 Å². The van der Waals surface area contributed by atoms with E-state index in [-0.39, 0.29) is 18.9 Å². The normalized spacial score (nSPS) is 10.2. The molecule has 22 heavy (non-hydrogen) atoms. The van der Waals surface area contributed by atoms with Crippen molar-refractivity contribution in [2.75, 3.05) is 13.2 Å². The van der Waals surface area contributed by atoms with E-state index in [1.54, 1.807) is 5.38 Å². The number of aromatic nitrogens is 1. The van der Waals surface area contributed by atoms with Crippen LogP contribution in [0.15, 0.2) is 29.6 Å². The molecule has 0 radical (unpaired) electrons. The van der Waals surface area contributed by atoms with Crippen LogP contribution in [0.2, 0.25) is 0 Å². The van der Waals surface area contributed by atoms with Gasteiger partial charge in [-0.05, 0) is 31.2 Å². The lowest BCUT2D eigenvalue weighted by Crippen LogP contribution is -2.30. The van der Waals surface area contributed by atoms with Crippen molar-refractivity contribution >= 4 is 23.2 Å². The third kappa shape index (κ3) is 4.56. The van der Waals surface area contributed by atoms with Crippen molar-refractivity contribution in [3.05, 3.63) is 35.3 Å². The van der Waals surface area contributed by atoms with Gasteiger partial charge in [-0.2, -0.15) is 0 Å². The number of nitrogens with one attached hydrogen (secondary N) is 1. The van der Waals surface area contributed by atoms with Crippen LogP contribution in [0.1, 0.15) is 12.6 Å². The molecule has 2 aromatic rings. The molecule has 6 nitrogen and oxygen atoms in total. The minimum absolute atomic E-state index is 0.0702. The Balaban J connectivity index is 1.98. The summed E-state index contributed by atoms with van der Waals surface area (Å²) in [5.74, 6) is -0.622. The van der Waals surface area contributed by atoms with Gasteiger partial charge in [0.15, 0.2) is 0 Å². The molecule has 1 aromatic heterocycles. The fourth-order valence-corrected chi connectivity index (χ4v) is 2.61. The second-order valence-corrected chi connectivity index (χ2v) is 5.31. The molecule has 0 aliphatic heterocycles. The van der Waals surface area contributed by atoms with Crippen molar-refractivity contribution in [2.24, 2.45) is 0 Å². The SMILES string of the molecule is CCOc1ccc(-c2nc(CC(=O)NCC(=O)O)cs2)cc1. The minimum Gasteiger partial charge on any atom is -0.494 e. The lowest BCUT2D eigenvalue weighted by atomic mass is 10.2. The number of carbonyl (C=O) groups is 2. The van der Waals surface area contributed by atoms with Crippen molar-refractivity contribution in [3.63, 3.8) is 0 Å². The number of hydrogen-bond acceptors (Lipinski definition) is 5.